The third kappa shape index (κ3) is 3.40. The number of pyridine rings is 1. The molecule has 0 aliphatic carbocycles. The Morgan fingerprint density at radius 2 is 1.07 bits per heavy atom. The van der Waals surface area contributed by atoms with Crippen LogP contribution < -0.4 is 0 Å². The molecule has 5 rings (SSSR count). The van der Waals surface area contributed by atoms with Crippen molar-refractivity contribution in [1.82, 2.24) is 4.98 Å². The van der Waals surface area contributed by atoms with Crippen LogP contribution in [-0.4, -0.2) is 4.98 Å². The maximum Gasteiger partial charge on any atom is 0.0786 e. The standard InChI is InChI=1S/C29H23N/c1-20-8-12-22(13-9-20)25-18-28-26(23-6-4-3-5-7-23)16-17-27(29(28)30-19-25)24-14-10-21(2)11-15-24/h3-19H,1-2H3. The maximum absolute atomic E-state index is 4.96. The predicted octanol–water partition coefficient (Wildman–Crippen LogP) is 7.85. The van der Waals surface area contributed by atoms with E-state index in [1.54, 1.807) is 0 Å². The van der Waals surface area contributed by atoms with Gasteiger partial charge in [-0.1, -0.05) is 102 Å². The zero-order valence-electron chi connectivity index (χ0n) is 17.3. The Hall–Kier alpha value is -3.71. The fourth-order valence-electron chi connectivity index (χ4n) is 3.96. The number of hydrogen-bond donors (Lipinski definition) is 0. The maximum atomic E-state index is 4.96. The molecule has 1 heterocycles. The molecule has 0 saturated heterocycles. The second kappa shape index (κ2) is 7.61. The molecule has 1 heteroatoms. The molecule has 0 N–H and O–H groups in total. The molecule has 144 valence electrons. The van der Waals surface area contributed by atoms with Gasteiger partial charge in [0.25, 0.3) is 0 Å². The normalized spacial score (nSPS) is 11.0. The summed E-state index contributed by atoms with van der Waals surface area (Å²) in [6.45, 7) is 4.23. The van der Waals surface area contributed by atoms with E-state index in [2.05, 4.69) is 111 Å². The third-order valence-electron chi connectivity index (χ3n) is 5.68. The van der Waals surface area contributed by atoms with Crippen LogP contribution in [0.5, 0.6) is 0 Å². The van der Waals surface area contributed by atoms with E-state index < -0.39 is 0 Å². The van der Waals surface area contributed by atoms with E-state index in [1.165, 1.54) is 44.3 Å². The molecule has 30 heavy (non-hydrogen) atoms. The summed E-state index contributed by atoms with van der Waals surface area (Å²) in [5.74, 6) is 0. The minimum absolute atomic E-state index is 1.04. The van der Waals surface area contributed by atoms with Crippen LogP contribution in [-0.2, 0) is 0 Å². The predicted molar refractivity (Wildman–Crippen MR) is 128 cm³/mol. The smallest absolute Gasteiger partial charge is 0.0786 e. The molecular weight excluding hydrogens is 362 g/mol. The second-order valence-electron chi connectivity index (χ2n) is 7.88. The van der Waals surface area contributed by atoms with Crippen LogP contribution in [0, 0.1) is 13.8 Å². The lowest BCUT2D eigenvalue weighted by molar-refractivity contribution is 1.39. The van der Waals surface area contributed by atoms with Crippen molar-refractivity contribution in [3.63, 3.8) is 0 Å². The number of fused-ring (bicyclic) bond motifs is 1. The van der Waals surface area contributed by atoms with Crippen molar-refractivity contribution in [2.24, 2.45) is 0 Å². The van der Waals surface area contributed by atoms with E-state index in [4.69, 9.17) is 4.98 Å². The lowest BCUT2D eigenvalue weighted by Crippen LogP contribution is -1.91. The Kier molecular flexibility index (Phi) is 4.65. The largest absolute Gasteiger partial charge is 0.255 e. The molecule has 0 bridgehead atoms. The Bertz CT molecular complexity index is 1320. The molecule has 0 atom stereocenters. The lowest BCUT2D eigenvalue weighted by Gasteiger charge is -2.13. The average molecular weight is 386 g/mol. The molecule has 4 aromatic carbocycles. The van der Waals surface area contributed by atoms with Crippen LogP contribution >= 0.6 is 0 Å². The fourth-order valence-corrected chi connectivity index (χ4v) is 3.96. The van der Waals surface area contributed by atoms with Crippen molar-refractivity contribution >= 4 is 10.9 Å². The highest BCUT2D eigenvalue weighted by Gasteiger charge is 2.12. The van der Waals surface area contributed by atoms with Crippen LogP contribution in [0.2, 0.25) is 0 Å². The number of aryl methyl sites for hydroxylation is 2. The van der Waals surface area contributed by atoms with Crippen molar-refractivity contribution in [2.45, 2.75) is 13.8 Å². The van der Waals surface area contributed by atoms with Crippen molar-refractivity contribution in [3.8, 4) is 33.4 Å². The van der Waals surface area contributed by atoms with Crippen LogP contribution in [0.15, 0.2) is 103 Å². The lowest BCUT2D eigenvalue weighted by atomic mass is 9.93. The first kappa shape index (κ1) is 18.3. The molecule has 0 spiro atoms. The minimum atomic E-state index is 1.04. The summed E-state index contributed by atoms with van der Waals surface area (Å²) in [5, 5.41) is 1.18. The van der Waals surface area contributed by atoms with Gasteiger partial charge in [-0.15, -0.1) is 0 Å². The average Bonchev–Trinajstić information content (AvgIpc) is 2.80. The molecule has 0 unspecified atom stereocenters. The van der Waals surface area contributed by atoms with Crippen LogP contribution in [0.4, 0.5) is 0 Å². The van der Waals surface area contributed by atoms with Crippen molar-refractivity contribution in [3.05, 3.63) is 114 Å². The Labute approximate surface area is 177 Å². The summed E-state index contributed by atoms with van der Waals surface area (Å²) in [5.41, 5.74) is 10.7. The van der Waals surface area contributed by atoms with Gasteiger partial charge in [-0.3, -0.25) is 4.98 Å². The van der Waals surface area contributed by atoms with Crippen LogP contribution in [0.1, 0.15) is 11.1 Å². The van der Waals surface area contributed by atoms with Crippen molar-refractivity contribution in [1.29, 1.82) is 0 Å². The van der Waals surface area contributed by atoms with Gasteiger partial charge in [0, 0.05) is 22.7 Å². The minimum Gasteiger partial charge on any atom is -0.255 e. The quantitative estimate of drug-likeness (QED) is 0.308. The Morgan fingerprint density at radius 3 is 1.73 bits per heavy atom. The summed E-state index contributed by atoms with van der Waals surface area (Å²) < 4.78 is 0. The van der Waals surface area contributed by atoms with E-state index in [0.717, 1.165) is 11.1 Å². The molecule has 0 aliphatic rings. The van der Waals surface area contributed by atoms with Crippen LogP contribution in [0.25, 0.3) is 44.3 Å². The summed E-state index contributed by atoms with van der Waals surface area (Å²) in [4.78, 5) is 4.96. The zero-order chi connectivity index (χ0) is 20.5. The molecule has 0 amide bonds. The highest BCUT2D eigenvalue weighted by molar-refractivity contribution is 6.04. The molecule has 0 aliphatic heterocycles. The Morgan fingerprint density at radius 1 is 0.500 bits per heavy atom. The van der Waals surface area contributed by atoms with Crippen molar-refractivity contribution < 1.29 is 0 Å². The van der Waals surface area contributed by atoms with Gasteiger partial charge in [-0.25, -0.2) is 0 Å². The number of hydrogen-bond acceptors (Lipinski definition) is 1. The van der Waals surface area contributed by atoms with Gasteiger partial charge >= 0.3 is 0 Å². The Balaban J connectivity index is 1.77. The molecule has 1 aromatic heterocycles. The molecular formula is C29H23N. The first-order valence-corrected chi connectivity index (χ1v) is 10.3. The van der Waals surface area contributed by atoms with Crippen LogP contribution in [0.3, 0.4) is 0 Å². The van der Waals surface area contributed by atoms with Gasteiger partial charge in [-0.2, -0.15) is 0 Å². The first-order chi connectivity index (χ1) is 14.7. The monoisotopic (exact) mass is 385 g/mol. The highest BCUT2D eigenvalue weighted by atomic mass is 14.7. The summed E-state index contributed by atoms with van der Waals surface area (Å²) in [6.07, 6.45) is 2.00. The first-order valence-electron chi connectivity index (χ1n) is 10.3. The van der Waals surface area contributed by atoms with Gasteiger partial charge in [0.2, 0.25) is 0 Å². The van der Waals surface area contributed by atoms with E-state index in [9.17, 15) is 0 Å². The molecule has 5 aromatic rings. The van der Waals surface area contributed by atoms with Crippen molar-refractivity contribution in [2.75, 3.05) is 0 Å². The van der Waals surface area contributed by atoms with Gasteiger partial charge < -0.3 is 0 Å². The number of rotatable bonds is 3. The molecule has 0 radical (unpaired) electrons. The van der Waals surface area contributed by atoms with Gasteiger partial charge in [0.05, 0.1) is 5.52 Å². The molecule has 1 nitrogen and oxygen atoms in total. The topological polar surface area (TPSA) is 12.9 Å². The summed E-state index contributed by atoms with van der Waals surface area (Å²) >= 11 is 0. The summed E-state index contributed by atoms with van der Waals surface area (Å²) in [6, 6.07) is 34.6. The van der Waals surface area contributed by atoms with Gasteiger partial charge in [0.15, 0.2) is 0 Å². The van der Waals surface area contributed by atoms with E-state index in [1.807, 2.05) is 6.20 Å². The zero-order valence-corrected chi connectivity index (χ0v) is 17.3. The fraction of sp³-hybridized carbons (Fsp3) is 0.0690. The molecule has 0 fully saturated rings. The summed E-state index contributed by atoms with van der Waals surface area (Å²) in [7, 11) is 0. The molecule has 0 saturated carbocycles. The SMILES string of the molecule is Cc1ccc(-c2cnc3c(-c4ccc(C)cc4)ccc(-c4ccccc4)c3c2)cc1. The van der Waals surface area contributed by atoms with E-state index >= 15 is 0 Å². The third-order valence-corrected chi connectivity index (χ3v) is 5.68. The van der Waals surface area contributed by atoms with E-state index in [-0.39, 0.29) is 0 Å². The number of benzene rings is 4. The van der Waals surface area contributed by atoms with Gasteiger partial charge in [-0.05, 0) is 42.2 Å². The second-order valence-corrected chi connectivity index (χ2v) is 7.88. The van der Waals surface area contributed by atoms with Gasteiger partial charge in [0.1, 0.15) is 0 Å². The number of nitrogens with zero attached hydrogens (tertiary/aromatic N) is 1. The van der Waals surface area contributed by atoms with E-state index in [0.29, 0.717) is 0 Å². The highest BCUT2D eigenvalue weighted by Crippen LogP contribution is 2.36. The number of aromatic nitrogens is 1.